The van der Waals surface area contributed by atoms with Gasteiger partial charge in [0.2, 0.25) is 0 Å². The summed E-state index contributed by atoms with van der Waals surface area (Å²) < 4.78 is 5.50. The summed E-state index contributed by atoms with van der Waals surface area (Å²) >= 11 is 1.71. The number of aromatic amines is 1. The van der Waals surface area contributed by atoms with E-state index in [4.69, 9.17) is 9.72 Å². The molecule has 0 radical (unpaired) electrons. The number of aliphatic hydroxyl groups excluding tert-OH is 1. The molecule has 0 bridgehead atoms. The Kier molecular flexibility index (Phi) is 6.74. The molecule has 1 fully saturated rings. The Morgan fingerprint density at radius 3 is 2.86 bits per heavy atom. The van der Waals surface area contributed by atoms with Crippen LogP contribution in [0, 0.1) is 5.92 Å². The van der Waals surface area contributed by atoms with Crippen molar-refractivity contribution >= 4 is 49.6 Å². The van der Waals surface area contributed by atoms with Crippen LogP contribution in [0.25, 0.3) is 21.1 Å². The van der Waals surface area contributed by atoms with Crippen LogP contribution in [0.1, 0.15) is 36.6 Å². The number of thiophene rings is 1. The first kappa shape index (κ1) is 24.5. The van der Waals surface area contributed by atoms with Gasteiger partial charge >= 0.3 is 0 Å². The number of nitrogens with zero attached hydrogens (tertiary/aromatic N) is 5. The van der Waals surface area contributed by atoms with Gasteiger partial charge in [-0.05, 0) is 70.8 Å². The van der Waals surface area contributed by atoms with E-state index < -0.39 is 6.29 Å². The maximum absolute atomic E-state index is 10.4. The predicted octanol–water partition coefficient (Wildman–Crippen LogP) is 4.30. The molecule has 0 saturated carbocycles. The molecule has 0 amide bonds. The predicted molar refractivity (Wildman–Crippen MR) is 149 cm³/mol. The fraction of sp³-hybridized carbons (Fsp3) is 0.519. The van der Waals surface area contributed by atoms with Crippen molar-refractivity contribution in [2.24, 2.45) is 5.92 Å². The van der Waals surface area contributed by atoms with Crippen molar-refractivity contribution in [2.45, 2.75) is 51.4 Å². The van der Waals surface area contributed by atoms with Gasteiger partial charge in [0.1, 0.15) is 17.0 Å². The van der Waals surface area contributed by atoms with Crippen LogP contribution in [0.5, 0.6) is 0 Å². The molecule has 2 aliphatic rings. The number of hydrogen-bond acceptors (Lipinski definition) is 9. The third kappa shape index (κ3) is 4.67. The molecule has 3 aromatic heterocycles. The highest BCUT2D eigenvalue weighted by atomic mass is 32.1. The smallest absolute Gasteiger partial charge is 0.157 e. The Morgan fingerprint density at radius 2 is 2.08 bits per heavy atom. The van der Waals surface area contributed by atoms with Gasteiger partial charge in [-0.15, -0.1) is 11.3 Å². The van der Waals surface area contributed by atoms with Crippen LogP contribution in [0.2, 0.25) is 0 Å². The normalized spacial score (nSPS) is 19.6. The van der Waals surface area contributed by atoms with Gasteiger partial charge < -0.3 is 25.0 Å². The number of aliphatic hydroxyl groups is 1. The molecule has 0 spiro atoms. The average molecular weight is 522 g/mol. The Hall–Kier alpha value is -2.79. The number of piperidine rings is 1. The lowest BCUT2D eigenvalue weighted by atomic mass is 9.87. The lowest BCUT2D eigenvalue weighted by Crippen LogP contribution is -2.42. The second-order valence-electron chi connectivity index (χ2n) is 10.4. The summed E-state index contributed by atoms with van der Waals surface area (Å²) in [6, 6.07) is 5.00. The zero-order chi connectivity index (χ0) is 25.5. The summed E-state index contributed by atoms with van der Waals surface area (Å²) in [5.41, 5.74) is 4.55. The van der Waals surface area contributed by atoms with Gasteiger partial charge in [-0.2, -0.15) is 5.10 Å². The van der Waals surface area contributed by atoms with Crippen LogP contribution in [-0.2, 0) is 17.6 Å². The van der Waals surface area contributed by atoms with E-state index >= 15 is 0 Å². The second-order valence-corrected chi connectivity index (χ2v) is 11.5. The van der Waals surface area contributed by atoms with Gasteiger partial charge in [-0.1, -0.05) is 0 Å². The summed E-state index contributed by atoms with van der Waals surface area (Å²) in [4.78, 5) is 16.4. The van der Waals surface area contributed by atoms with Crippen LogP contribution in [0.4, 0.5) is 17.2 Å². The van der Waals surface area contributed by atoms with Crippen molar-refractivity contribution in [3.63, 3.8) is 0 Å². The number of H-pyrrole nitrogens is 1. The van der Waals surface area contributed by atoms with Gasteiger partial charge in [0, 0.05) is 41.9 Å². The minimum Gasteiger partial charge on any atom is -0.370 e. The van der Waals surface area contributed by atoms with E-state index in [9.17, 15) is 5.11 Å². The molecule has 196 valence electrons. The topological polar surface area (TPSA) is 102 Å². The van der Waals surface area contributed by atoms with Crippen molar-refractivity contribution in [1.29, 1.82) is 0 Å². The third-order valence-electron chi connectivity index (χ3n) is 7.97. The Balaban J connectivity index is 1.34. The van der Waals surface area contributed by atoms with Crippen molar-refractivity contribution in [3.8, 4) is 0 Å². The third-order valence-corrected chi connectivity index (χ3v) is 9.13. The molecule has 37 heavy (non-hydrogen) atoms. The molecule has 6 rings (SSSR count). The van der Waals surface area contributed by atoms with Gasteiger partial charge in [0.25, 0.3) is 0 Å². The number of ether oxygens (including phenoxy) is 1. The molecule has 2 atom stereocenters. The maximum atomic E-state index is 10.4. The standard InChI is InChI=1S/C27H35N7O2S/c1-4-36-27(35)16-5-6-19-23(12-16)37-26-24(19)25(28-15-29-26)31-21-11-17-14-30-32-20(17)13-22(21)34-9-7-18(8-10-34)33(2)3/h11,13-16,18,27,35H,4-10,12H2,1-3H3,(H,30,32)(H,28,29,31). The first-order chi connectivity index (χ1) is 18.0. The molecule has 1 aliphatic carbocycles. The fourth-order valence-electron chi connectivity index (χ4n) is 5.87. The van der Waals surface area contributed by atoms with E-state index in [1.807, 2.05) is 13.1 Å². The van der Waals surface area contributed by atoms with Crippen molar-refractivity contribution < 1.29 is 9.84 Å². The van der Waals surface area contributed by atoms with Crippen molar-refractivity contribution in [2.75, 3.05) is 44.0 Å². The molecule has 1 aliphatic heterocycles. The van der Waals surface area contributed by atoms with Crippen molar-refractivity contribution in [1.82, 2.24) is 25.1 Å². The summed E-state index contributed by atoms with van der Waals surface area (Å²) in [5, 5.41) is 23.7. The largest absolute Gasteiger partial charge is 0.370 e. The van der Waals surface area contributed by atoms with Crippen LogP contribution in [0.15, 0.2) is 24.7 Å². The molecule has 1 aromatic carbocycles. The lowest BCUT2D eigenvalue weighted by molar-refractivity contribution is -0.132. The van der Waals surface area contributed by atoms with Crippen LogP contribution in [-0.4, -0.2) is 76.3 Å². The van der Waals surface area contributed by atoms with Crippen LogP contribution in [0.3, 0.4) is 0 Å². The first-order valence-corrected chi connectivity index (χ1v) is 14.0. The average Bonchev–Trinajstić information content (AvgIpc) is 3.52. The molecule has 4 heterocycles. The summed E-state index contributed by atoms with van der Waals surface area (Å²) in [6.07, 6.45) is 7.67. The minimum absolute atomic E-state index is 0.116. The maximum Gasteiger partial charge on any atom is 0.157 e. The monoisotopic (exact) mass is 521 g/mol. The molecular formula is C27H35N7O2S. The summed E-state index contributed by atoms with van der Waals surface area (Å²) in [6.45, 7) is 4.46. The number of hydrogen-bond donors (Lipinski definition) is 3. The number of anilines is 3. The van der Waals surface area contributed by atoms with Gasteiger partial charge in [0.15, 0.2) is 6.29 Å². The van der Waals surface area contributed by atoms with E-state index in [-0.39, 0.29) is 5.92 Å². The molecule has 9 nitrogen and oxygen atoms in total. The van der Waals surface area contributed by atoms with Crippen LogP contribution < -0.4 is 10.2 Å². The number of nitrogens with one attached hydrogen (secondary N) is 2. The lowest BCUT2D eigenvalue weighted by Gasteiger charge is -2.37. The van der Waals surface area contributed by atoms with Gasteiger partial charge in [-0.25, -0.2) is 9.97 Å². The summed E-state index contributed by atoms with van der Waals surface area (Å²) in [7, 11) is 4.34. The molecule has 10 heteroatoms. The summed E-state index contributed by atoms with van der Waals surface area (Å²) in [5.74, 6) is 0.962. The highest BCUT2D eigenvalue weighted by Crippen LogP contribution is 2.42. The quantitative estimate of drug-likeness (QED) is 0.310. The van der Waals surface area contributed by atoms with Gasteiger partial charge in [-0.3, -0.25) is 5.10 Å². The zero-order valence-corrected chi connectivity index (χ0v) is 22.5. The highest BCUT2D eigenvalue weighted by molar-refractivity contribution is 7.19. The number of fused-ring (bicyclic) bond motifs is 4. The number of rotatable bonds is 7. The highest BCUT2D eigenvalue weighted by Gasteiger charge is 2.30. The fourth-order valence-corrected chi connectivity index (χ4v) is 7.15. The molecule has 2 unspecified atom stereocenters. The minimum atomic E-state index is -0.715. The Labute approximate surface area is 220 Å². The first-order valence-electron chi connectivity index (χ1n) is 13.2. The van der Waals surface area contributed by atoms with E-state index in [1.165, 1.54) is 16.1 Å². The zero-order valence-electron chi connectivity index (χ0n) is 21.7. The van der Waals surface area contributed by atoms with E-state index in [2.05, 4.69) is 56.5 Å². The SMILES string of the molecule is CCOC(O)C1CCc2c(sc3ncnc(Nc4cc5cn[nH]c5cc4N4CCC(N(C)C)CC4)c23)C1. The second kappa shape index (κ2) is 10.2. The van der Waals surface area contributed by atoms with E-state index in [1.54, 1.807) is 17.7 Å². The molecule has 1 saturated heterocycles. The number of benzene rings is 1. The molecule has 3 N–H and O–H groups in total. The number of aromatic nitrogens is 4. The van der Waals surface area contributed by atoms with Crippen molar-refractivity contribution in [3.05, 3.63) is 35.1 Å². The van der Waals surface area contributed by atoms with E-state index in [0.717, 1.165) is 77.8 Å². The van der Waals surface area contributed by atoms with E-state index in [0.29, 0.717) is 12.6 Å². The number of aryl methyl sites for hydroxylation is 1. The van der Waals surface area contributed by atoms with Gasteiger partial charge in [0.05, 0.1) is 28.5 Å². The Morgan fingerprint density at radius 1 is 1.24 bits per heavy atom. The van der Waals surface area contributed by atoms with Crippen LogP contribution >= 0.6 is 11.3 Å². The Bertz CT molecular complexity index is 1390. The molecule has 4 aromatic rings. The molecular weight excluding hydrogens is 486 g/mol.